The molecule has 0 aromatic carbocycles. The molecule has 0 saturated heterocycles. The molecule has 1 rings (SSSR count). The monoisotopic (exact) mass is 296 g/mol. The Morgan fingerprint density at radius 3 is 2.65 bits per heavy atom. The van der Waals surface area contributed by atoms with Crippen LogP contribution in [-0.2, 0) is 19.1 Å². The quantitative estimate of drug-likeness (QED) is 0.200. The summed E-state index contributed by atoms with van der Waals surface area (Å²) in [7, 11) is 0. The maximum Gasteiger partial charge on any atom is 0.341 e. The van der Waals surface area contributed by atoms with E-state index in [9.17, 15) is 9.59 Å². The third-order valence-corrected chi connectivity index (χ3v) is 3.81. The molecule has 0 aliphatic rings. The fourth-order valence-electron chi connectivity index (χ4n) is 1.70. The Morgan fingerprint density at radius 2 is 2.15 bits per heavy atom. The van der Waals surface area contributed by atoms with Crippen LogP contribution >= 0.6 is 12.6 Å². The molecule has 0 spiro atoms. The SMILES string of the molecule is C=C(C(=O)OCCCC)C(=O)C(S)(CC)c1ccco1. The van der Waals surface area contributed by atoms with E-state index in [0.29, 0.717) is 12.2 Å². The van der Waals surface area contributed by atoms with Gasteiger partial charge >= 0.3 is 5.97 Å². The molecule has 1 unspecified atom stereocenters. The number of rotatable bonds is 8. The van der Waals surface area contributed by atoms with Crippen LogP contribution in [0.15, 0.2) is 35.0 Å². The number of esters is 1. The van der Waals surface area contributed by atoms with E-state index in [-0.39, 0.29) is 12.2 Å². The van der Waals surface area contributed by atoms with Crippen molar-refractivity contribution in [2.75, 3.05) is 6.61 Å². The molecule has 1 heterocycles. The van der Waals surface area contributed by atoms with E-state index >= 15 is 0 Å². The summed E-state index contributed by atoms with van der Waals surface area (Å²) in [5.74, 6) is -0.780. The van der Waals surface area contributed by atoms with Crippen molar-refractivity contribution in [3.8, 4) is 0 Å². The minimum Gasteiger partial charge on any atom is -0.467 e. The molecule has 4 nitrogen and oxygen atoms in total. The van der Waals surface area contributed by atoms with Gasteiger partial charge in [0.25, 0.3) is 0 Å². The van der Waals surface area contributed by atoms with Crippen LogP contribution in [0.4, 0.5) is 0 Å². The van der Waals surface area contributed by atoms with Gasteiger partial charge in [-0.2, -0.15) is 12.6 Å². The van der Waals surface area contributed by atoms with Crippen molar-refractivity contribution in [3.05, 3.63) is 36.3 Å². The van der Waals surface area contributed by atoms with E-state index in [2.05, 4.69) is 19.2 Å². The summed E-state index contributed by atoms with van der Waals surface area (Å²) >= 11 is 4.40. The summed E-state index contributed by atoms with van der Waals surface area (Å²) in [5.41, 5.74) is -0.200. The van der Waals surface area contributed by atoms with Crippen molar-refractivity contribution in [1.29, 1.82) is 0 Å². The number of ether oxygens (including phenoxy) is 1. The highest BCUT2D eigenvalue weighted by Crippen LogP contribution is 2.35. The fraction of sp³-hybridized carbons (Fsp3) is 0.467. The first-order valence-corrected chi connectivity index (χ1v) is 7.09. The van der Waals surface area contributed by atoms with Gasteiger partial charge in [0.05, 0.1) is 18.4 Å². The van der Waals surface area contributed by atoms with Crippen molar-refractivity contribution in [1.82, 2.24) is 0 Å². The number of carbonyl (C=O) groups is 2. The summed E-state index contributed by atoms with van der Waals surface area (Å²) in [5, 5.41) is 0. The summed E-state index contributed by atoms with van der Waals surface area (Å²) in [4.78, 5) is 24.2. The summed E-state index contributed by atoms with van der Waals surface area (Å²) in [6, 6.07) is 3.33. The van der Waals surface area contributed by atoms with Gasteiger partial charge in [0.15, 0.2) is 5.78 Å². The van der Waals surface area contributed by atoms with E-state index < -0.39 is 16.5 Å². The molecule has 0 N–H and O–H groups in total. The van der Waals surface area contributed by atoms with Gasteiger partial charge in [0.1, 0.15) is 10.5 Å². The Bertz CT molecular complexity index is 478. The predicted molar refractivity (Wildman–Crippen MR) is 79.7 cm³/mol. The zero-order chi connectivity index (χ0) is 15.2. The van der Waals surface area contributed by atoms with E-state index in [4.69, 9.17) is 9.15 Å². The van der Waals surface area contributed by atoms with Crippen LogP contribution in [0.3, 0.4) is 0 Å². The number of carbonyl (C=O) groups excluding carboxylic acids is 2. The fourth-order valence-corrected chi connectivity index (χ4v) is 1.96. The van der Waals surface area contributed by atoms with Crippen molar-refractivity contribution >= 4 is 24.4 Å². The first-order valence-electron chi connectivity index (χ1n) is 6.64. The second kappa shape index (κ2) is 7.33. The van der Waals surface area contributed by atoms with Crippen molar-refractivity contribution < 1.29 is 18.7 Å². The second-order valence-electron chi connectivity index (χ2n) is 4.49. The molecule has 5 heteroatoms. The van der Waals surface area contributed by atoms with Crippen LogP contribution < -0.4 is 0 Å². The molecule has 0 fully saturated rings. The Kier molecular flexibility index (Phi) is 6.07. The largest absolute Gasteiger partial charge is 0.467 e. The van der Waals surface area contributed by atoms with Crippen LogP contribution in [0.2, 0.25) is 0 Å². The van der Waals surface area contributed by atoms with Gasteiger partial charge in [-0.15, -0.1) is 0 Å². The Morgan fingerprint density at radius 1 is 1.45 bits per heavy atom. The van der Waals surface area contributed by atoms with Gasteiger partial charge < -0.3 is 9.15 Å². The summed E-state index contributed by atoms with van der Waals surface area (Å²) < 4.78 is 9.06. The lowest BCUT2D eigenvalue weighted by Gasteiger charge is -2.23. The molecule has 20 heavy (non-hydrogen) atoms. The minimum absolute atomic E-state index is 0.200. The van der Waals surface area contributed by atoms with Crippen molar-refractivity contribution in [2.45, 2.75) is 37.9 Å². The van der Waals surface area contributed by atoms with Crippen LogP contribution in [0, 0.1) is 0 Å². The summed E-state index contributed by atoms with van der Waals surface area (Å²) in [6.45, 7) is 7.61. The third-order valence-electron chi connectivity index (χ3n) is 3.07. The lowest BCUT2D eigenvalue weighted by molar-refractivity contribution is -0.140. The molecule has 0 saturated carbocycles. The van der Waals surface area contributed by atoms with Gasteiger partial charge in [-0.1, -0.05) is 26.8 Å². The number of ketones is 1. The van der Waals surface area contributed by atoms with Crippen molar-refractivity contribution in [3.63, 3.8) is 0 Å². The zero-order valence-electron chi connectivity index (χ0n) is 11.8. The average Bonchev–Trinajstić information content (AvgIpc) is 2.99. The second-order valence-corrected chi connectivity index (χ2v) is 5.25. The van der Waals surface area contributed by atoms with Crippen molar-refractivity contribution in [2.24, 2.45) is 0 Å². The first kappa shape index (κ1) is 16.6. The van der Waals surface area contributed by atoms with E-state index in [0.717, 1.165) is 12.8 Å². The number of Topliss-reactive ketones (excluding diaryl/α,β-unsaturated/α-hetero) is 1. The molecule has 0 amide bonds. The molecule has 1 aromatic heterocycles. The third kappa shape index (κ3) is 3.54. The Labute approximate surface area is 124 Å². The van der Waals surface area contributed by atoms with Crippen LogP contribution in [0.25, 0.3) is 0 Å². The molecule has 1 atom stereocenters. The molecular weight excluding hydrogens is 276 g/mol. The van der Waals surface area contributed by atoms with Gasteiger partial charge in [0.2, 0.25) is 0 Å². The number of unbranched alkanes of at least 4 members (excludes halogenated alkanes) is 1. The highest BCUT2D eigenvalue weighted by molar-refractivity contribution is 7.82. The average molecular weight is 296 g/mol. The zero-order valence-corrected chi connectivity index (χ0v) is 12.7. The van der Waals surface area contributed by atoms with Gasteiger partial charge in [0, 0.05) is 0 Å². The number of thiol groups is 1. The number of hydrogen-bond donors (Lipinski definition) is 1. The van der Waals surface area contributed by atoms with Gasteiger partial charge in [-0.25, -0.2) is 4.79 Å². The van der Waals surface area contributed by atoms with E-state index in [1.54, 1.807) is 19.1 Å². The molecule has 0 radical (unpaired) electrons. The maximum atomic E-state index is 12.4. The molecule has 0 bridgehead atoms. The normalized spacial score (nSPS) is 13.6. The number of furan rings is 1. The minimum atomic E-state index is -1.19. The first-order chi connectivity index (χ1) is 9.47. The van der Waals surface area contributed by atoms with E-state index in [1.165, 1.54) is 6.26 Å². The van der Waals surface area contributed by atoms with Gasteiger partial charge in [-0.05, 0) is 25.0 Å². The predicted octanol–water partition coefficient (Wildman–Crippen LogP) is 3.28. The number of hydrogen-bond acceptors (Lipinski definition) is 5. The molecule has 0 aliphatic heterocycles. The molecule has 110 valence electrons. The lowest BCUT2D eigenvalue weighted by Crippen LogP contribution is -2.33. The van der Waals surface area contributed by atoms with Gasteiger partial charge in [-0.3, -0.25) is 4.79 Å². The maximum absolute atomic E-state index is 12.4. The molecule has 1 aromatic rings. The Balaban J connectivity index is 2.81. The lowest BCUT2D eigenvalue weighted by atomic mass is 9.92. The highest BCUT2D eigenvalue weighted by Gasteiger charge is 2.40. The molecule has 0 aliphatic carbocycles. The van der Waals surface area contributed by atoms with Crippen LogP contribution in [0.5, 0.6) is 0 Å². The standard InChI is InChI=1S/C15H20O4S/c1-4-6-9-19-14(17)11(3)13(16)15(20,5-2)12-8-7-10-18-12/h7-8,10,20H,3-6,9H2,1-2H3. The summed E-state index contributed by atoms with van der Waals surface area (Å²) in [6.07, 6.45) is 3.51. The Hall–Kier alpha value is -1.49. The smallest absolute Gasteiger partial charge is 0.341 e. The molecular formula is C15H20O4S. The topological polar surface area (TPSA) is 56.5 Å². The van der Waals surface area contributed by atoms with E-state index in [1.807, 2.05) is 6.92 Å². The highest BCUT2D eigenvalue weighted by atomic mass is 32.1. The van der Waals surface area contributed by atoms with Crippen LogP contribution in [-0.4, -0.2) is 18.4 Å². The van der Waals surface area contributed by atoms with Crippen LogP contribution in [0.1, 0.15) is 38.9 Å².